The first-order valence-corrected chi connectivity index (χ1v) is 12.7. The zero-order chi connectivity index (χ0) is 22.8. The van der Waals surface area contributed by atoms with Crippen LogP contribution in [0.25, 0.3) is 16.6 Å². The molecule has 2 aromatic carbocycles. The van der Waals surface area contributed by atoms with Gasteiger partial charge in [0.1, 0.15) is 22.6 Å². The Hall–Kier alpha value is -3.45. The highest BCUT2D eigenvalue weighted by molar-refractivity contribution is 7.92. The zero-order valence-corrected chi connectivity index (χ0v) is 19.3. The van der Waals surface area contributed by atoms with Gasteiger partial charge in [-0.2, -0.15) is 0 Å². The lowest BCUT2D eigenvalue weighted by atomic mass is 9.96. The number of nitrogens with one attached hydrogen (secondary N) is 1. The standard InChI is InChI=1S/C26H26N4O2S/c1-27-26-25(33(31,32)21-15-9-4-10-16-21)23-24(30(26)17-19-11-5-2-6-12-19)22(28-18-29-23)20-13-7-3-8-14-20/h2,4-6,9-13,15-16,18,27H,3,7-8,14,17H2,1H3. The third-order valence-electron chi connectivity index (χ3n) is 6.13. The number of rotatable bonds is 6. The molecule has 7 heteroatoms. The number of allylic oxidation sites excluding steroid dienone is 2. The highest BCUT2D eigenvalue weighted by Crippen LogP contribution is 2.40. The van der Waals surface area contributed by atoms with Gasteiger partial charge < -0.3 is 9.88 Å². The van der Waals surface area contributed by atoms with Gasteiger partial charge in [-0.25, -0.2) is 18.4 Å². The number of fused-ring (bicyclic) bond motifs is 1. The summed E-state index contributed by atoms with van der Waals surface area (Å²) in [6.45, 7) is 0.505. The maximum atomic E-state index is 13.9. The van der Waals surface area contributed by atoms with Crippen LogP contribution < -0.4 is 5.32 Å². The topological polar surface area (TPSA) is 76.9 Å². The summed E-state index contributed by atoms with van der Waals surface area (Å²) in [4.78, 5) is 9.62. The second kappa shape index (κ2) is 8.83. The summed E-state index contributed by atoms with van der Waals surface area (Å²) >= 11 is 0. The second-order valence-electron chi connectivity index (χ2n) is 8.21. The molecule has 4 aromatic rings. The quantitative estimate of drug-likeness (QED) is 0.424. The molecule has 0 saturated carbocycles. The van der Waals surface area contributed by atoms with Crippen molar-refractivity contribution in [1.82, 2.24) is 14.5 Å². The average Bonchev–Trinajstić information content (AvgIpc) is 3.20. The van der Waals surface area contributed by atoms with Crippen LogP contribution in [0.1, 0.15) is 36.9 Å². The molecule has 2 heterocycles. The van der Waals surface area contributed by atoms with E-state index in [9.17, 15) is 8.42 Å². The summed E-state index contributed by atoms with van der Waals surface area (Å²) in [5, 5.41) is 3.18. The van der Waals surface area contributed by atoms with Crippen LogP contribution in [-0.2, 0) is 16.4 Å². The lowest BCUT2D eigenvalue weighted by Crippen LogP contribution is -2.09. The fourth-order valence-corrected chi connectivity index (χ4v) is 6.20. The summed E-state index contributed by atoms with van der Waals surface area (Å²) in [7, 11) is -2.06. The number of benzene rings is 2. The van der Waals surface area contributed by atoms with Crippen LogP contribution in [0.3, 0.4) is 0 Å². The largest absolute Gasteiger partial charge is 0.373 e. The monoisotopic (exact) mass is 458 g/mol. The number of sulfone groups is 1. The minimum absolute atomic E-state index is 0.196. The smallest absolute Gasteiger partial charge is 0.212 e. The molecule has 5 rings (SSSR count). The van der Waals surface area contributed by atoms with Crippen molar-refractivity contribution in [3.05, 3.63) is 84.3 Å². The molecule has 0 aliphatic heterocycles. The van der Waals surface area contributed by atoms with Gasteiger partial charge in [-0.3, -0.25) is 0 Å². The molecule has 0 spiro atoms. The first kappa shape index (κ1) is 21.4. The van der Waals surface area contributed by atoms with E-state index in [1.165, 1.54) is 6.33 Å². The van der Waals surface area contributed by atoms with Crippen LogP contribution in [-0.4, -0.2) is 30.0 Å². The second-order valence-corrected chi connectivity index (χ2v) is 10.1. The summed E-state index contributed by atoms with van der Waals surface area (Å²) in [5.74, 6) is 0.524. The van der Waals surface area contributed by atoms with Crippen molar-refractivity contribution in [2.75, 3.05) is 12.4 Å². The van der Waals surface area contributed by atoms with Gasteiger partial charge in [0.25, 0.3) is 0 Å². The number of anilines is 1. The summed E-state index contributed by atoms with van der Waals surface area (Å²) in [6, 6.07) is 18.6. The van der Waals surface area contributed by atoms with Crippen molar-refractivity contribution < 1.29 is 8.42 Å². The van der Waals surface area contributed by atoms with Crippen LogP contribution in [0.15, 0.2) is 82.9 Å². The normalized spacial score (nSPS) is 14.3. The maximum Gasteiger partial charge on any atom is 0.212 e. The van der Waals surface area contributed by atoms with E-state index in [0.717, 1.165) is 48.0 Å². The summed E-state index contributed by atoms with van der Waals surface area (Å²) in [6.07, 6.45) is 7.93. The molecule has 1 aliphatic carbocycles. The van der Waals surface area contributed by atoms with Crippen LogP contribution in [0.5, 0.6) is 0 Å². The first-order valence-electron chi connectivity index (χ1n) is 11.2. The minimum Gasteiger partial charge on any atom is -0.373 e. The molecule has 2 aromatic heterocycles. The van der Waals surface area contributed by atoms with Gasteiger partial charge in [-0.05, 0) is 49.0 Å². The number of hydrogen-bond donors (Lipinski definition) is 1. The van der Waals surface area contributed by atoms with Gasteiger partial charge in [0.15, 0.2) is 0 Å². The summed E-state index contributed by atoms with van der Waals surface area (Å²) in [5.41, 5.74) is 4.26. The van der Waals surface area contributed by atoms with E-state index in [4.69, 9.17) is 0 Å². The molecule has 0 saturated heterocycles. The molecule has 0 radical (unpaired) electrons. The van der Waals surface area contributed by atoms with Crippen molar-refractivity contribution >= 4 is 32.3 Å². The molecule has 0 atom stereocenters. The van der Waals surface area contributed by atoms with E-state index >= 15 is 0 Å². The van der Waals surface area contributed by atoms with Crippen molar-refractivity contribution in [3.8, 4) is 0 Å². The predicted octanol–water partition coefficient (Wildman–Crippen LogP) is 5.31. The lowest BCUT2D eigenvalue weighted by Gasteiger charge is -2.16. The summed E-state index contributed by atoms with van der Waals surface area (Å²) < 4.78 is 29.7. The van der Waals surface area contributed by atoms with Crippen molar-refractivity contribution in [1.29, 1.82) is 0 Å². The van der Waals surface area contributed by atoms with Gasteiger partial charge in [0.05, 0.1) is 16.1 Å². The third kappa shape index (κ3) is 3.82. The van der Waals surface area contributed by atoms with E-state index < -0.39 is 9.84 Å². The van der Waals surface area contributed by atoms with Gasteiger partial charge in [0, 0.05) is 13.6 Å². The van der Waals surface area contributed by atoms with Crippen LogP contribution >= 0.6 is 0 Å². The Balaban J connectivity index is 1.84. The maximum absolute atomic E-state index is 13.9. The Bertz CT molecular complexity index is 1430. The Morgan fingerprint density at radius 1 is 0.970 bits per heavy atom. The number of nitrogens with zero attached hydrogens (tertiary/aromatic N) is 3. The predicted molar refractivity (Wildman–Crippen MR) is 131 cm³/mol. The van der Waals surface area contributed by atoms with E-state index in [2.05, 4.69) is 21.4 Å². The molecular weight excluding hydrogens is 432 g/mol. The average molecular weight is 459 g/mol. The third-order valence-corrected chi connectivity index (χ3v) is 7.95. The van der Waals surface area contributed by atoms with E-state index in [-0.39, 0.29) is 9.79 Å². The molecule has 168 valence electrons. The zero-order valence-electron chi connectivity index (χ0n) is 18.5. The van der Waals surface area contributed by atoms with Gasteiger partial charge >= 0.3 is 0 Å². The van der Waals surface area contributed by atoms with Crippen LogP contribution in [0.2, 0.25) is 0 Å². The first-order chi connectivity index (χ1) is 16.1. The Kier molecular flexibility index (Phi) is 5.72. The van der Waals surface area contributed by atoms with Gasteiger partial charge in [0.2, 0.25) is 9.84 Å². The Labute approximate surface area is 193 Å². The molecule has 1 N–H and O–H groups in total. The van der Waals surface area contributed by atoms with Crippen molar-refractivity contribution in [2.45, 2.75) is 42.0 Å². The highest BCUT2D eigenvalue weighted by atomic mass is 32.2. The van der Waals surface area contributed by atoms with Crippen LogP contribution in [0, 0.1) is 0 Å². The fourth-order valence-electron chi connectivity index (χ4n) is 4.58. The molecule has 0 amide bonds. The van der Waals surface area contributed by atoms with Crippen LogP contribution in [0.4, 0.5) is 5.82 Å². The number of hydrogen-bond acceptors (Lipinski definition) is 5. The molecule has 1 aliphatic rings. The SMILES string of the molecule is CNc1c(S(=O)(=O)c2ccccc2)c2ncnc(C3=CCCCC3)c2n1Cc1ccccc1. The van der Waals surface area contributed by atoms with E-state index in [1.54, 1.807) is 31.3 Å². The van der Waals surface area contributed by atoms with Crippen molar-refractivity contribution in [2.24, 2.45) is 0 Å². The Morgan fingerprint density at radius 2 is 1.70 bits per heavy atom. The molecular formula is C26H26N4O2S. The Morgan fingerprint density at radius 3 is 2.36 bits per heavy atom. The molecule has 0 bridgehead atoms. The lowest BCUT2D eigenvalue weighted by molar-refractivity contribution is 0.596. The molecule has 6 nitrogen and oxygen atoms in total. The van der Waals surface area contributed by atoms with Crippen molar-refractivity contribution in [3.63, 3.8) is 0 Å². The van der Waals surface area contributed by atoms with E-state index in [1.807, 2.05) is 41.0 Å². The van der Waals surface area contributed by atoms with Gasteiger partial charge in [-0.1, -0.05) is 54.6 Å². The molecule has 0 unspecified atom stereocenters. The highest BCUT2D eigenvalue weighted by Gasteiger charge is 2.31. The number of aromatic nitrogens is 3. The minimum atomic E-state index is -3.82. The molecule has 33 heavy (non-hydrogen) atoms. The molecule has 0 fully saturated rings. The van der Waals surface area contributed by atoms with E-state index in [0.29, 0.717) is 17.9 Å². The van der Waals surface area contributed by atoms with Gasteiger partial charge in [-0.15, -0.1) is 0 Å². The fraction of sp³-hybridized carbons (Fsp3) is 0.231.